The molecule has 14 nitrogen and oxygen atoms in total. The molecule has 4 heterocycles. The summed E-state index contributed by atoms with van der Waals surface area (Å²) in [6.45, 7) is 5.16. The van der Waals surface area contributed by atoms with Gasteiger partial charge in [0.25, 0.3) is 5.91 Å². The molecule has 2 aliphatic heterocycles. The molecule has 1 aromatic carbocycles. The SMILES string of the molecule is CC(C)(C)OC(=O)N[C@H]1CCCCC/C=C\C2C[C@@]2(C(=O)NS(=O)(=O)C2CC2)NC(=O)[C@@H]2CC(Oc3nc4ccccc4nc3-c3cccs3)CN2C1=O. The Kier molecular flexibility index (Phi) is 10.4. The quantitative estimate of drug-likeness (QED) is 0.286. The van der Waals surface area contributed by atoms with Crippen molar-refractivity contribution in [3.05, 3.63) is 53.9 Å². The number of benzene rings is 1. The standard InChI is InChI=1S/C38H46N6O8S2/c1-37(2,3)52-36(48)41-28-15-8-6-4-5-7-12-23-21-38(23,35(47)43-54(49,50)25-17-18-25)42-32(45)29-20-24(22-44(29)34(28)46)51-33-31(30-16-11-19-53-30)39-26-13-9-10-14-27(26)40-33/h7,9-14,16,19,23-25,28-29H,4-6,8,15,17-18,20-22H2,1-3H3,(H,41,48)(H,42,45)(H,43,47)/b12-7-/t23?,24?,28-,29-,38+/m0/s1. The van der Waals surface area contributed by atoms with E-state index in [0.29, 0.717) is 48.8 Å². The maximum absolute atomic E-state index is 14.5. The van der Waals surface area contributed by atoms with Gasteiger partial charge < -0.3 is 25.0 Å². The molecular formula is C38H46N6O8S2. The van der Waals surface area contributed by atoms with Crippen molar-refractivity contribution in [3.8, 4) is 16.5 Å². The summed E-state index contributed by atoms with van der Waals surface area (Å²) in [5, 5.41) is 6.93. The molecule has 2 aromatic heterocycles. The van der Waals surface area contributed by atoms with Crippen LogP contribution in [-0.2, 0) is 29.1 Å². The second-order valence-electron chi connectivity index (χ2n) is 15.5. The van der Waals surface area contributed by atoms with Crippen LogP contribution in [0.2, 0.25) is 0 Å². The second kappa shape index (κ2) is 14.9. The molecule has 16 heteroatoms. The Labute approximate surface area is 318 Å². The number of ether oxygens (including phenoxy) is 2. The van der Waals surface area contributed by atoms with Crippen molar-refractivity contribution in [2.24, 2.45) is 5.92 Å². The van der Waals surface area contributed by atoms with E-state index in [1.165, 1.54) is 16.2 Å². The average Bonchev–Trinajstić information content (AvgIpc) is 3.97. The number of hydrogen-bond acceptors (Lipinski definition) is 11. The number of sulfonamides is 1. The Hall–Kier alpha value is -4.57. The fourth-order valence-electron chi connectivity index (χ4n) is 7.09. The van der Waals surface area contributed by atoms with E-state index in [9.17, 15) is 27.6 Å². The lowest BCUT2D eigenvalue weighted by atomic mass is 10.0. The summed E-state index contributed by atoms with van der Waals surface area (Å²) in [6.07, 6.45) is 6.70. The normalized spacial score (nSPS) is 27.1. The predicted octanol–water partition coefficient (Wildman–Crippen LogP) is 4.60. The number of aromatic nitrogens is 2. The third-order valence-electron chi connectivity index (χ3n) is 10.1. The van der Waals surface area contributed by atoms with Gasteiger partial charge in [-0.1, -0.05) is 43.2 Å². The van der Waals surface area contributed by atoms with Gasteiger partial charge in [-0.15, -0.1) is 11.3 Å². The summed E-state index contributed by atoms with van der Waals surface area (Å²) < 4.78 is 40.0. The van der Waals surface area contributed by atoms with Gasteiger partial charge in [0.2, 0.25) is 27.7 Å². The fourth-order valence-corrected chi connectivity index (χ4v) is 9.16. The molecule has 288 valence electrons. The smallest absolute Gasteiger partial charge is 0.408 e. The van der Waals surface area contributed by atoms with Crippen LogP contribution in [0.15, 0.2) is 53.9 Å². The predicted molar refractivity (Wildman–Crippen MR) is 202 cm³/mol. The number of alkyl carbamates (subject to hydrolysis) is 1. The van der Waals surface area contributed by atoms with E-state index in [1.54, 1.807) is 20.8 Å². The maximum Gasteiger partial charge on any atom is 0.408 e. The first kappa shape index (κ1) is 37.7. The molecule has 1 saturated heterocycles. The molecule has 2 saturated carbocycles. The zero-order chi connectivity index (χ0) is 38.3. The summed E-state index contributed by atoms with van der Waals surface area (Å²) in [5.41, 5.74) is -0.504. The molecule has 4 amide bonds. The van der Waals surface area contributed by atoms with Gasteiger partial charge in [0.1, 0.15) is 35.0 Å². The number of carbonyl (C=O) groups is 4. The number of carbonyl (C=O) groups excluding carboxylic acids is 4. The van der Waals surface area contributed by atoms with Crippen molar-refractivity contribution in [2.75, 3.05) is 6.54 Å². The Bertz CT molecular complexity index is 2060. The van der Waals surface area contributed by atoms with E-state index < -0.39 is 74.3 Å². The molecule has 4 aliphatic rings. The molecule has 0 bridgehead atoms. The van der Waals surface area contributed by atoms with E-state index in [2.05, 4.69) is 15.4 Å². The molecule has 2 aliphatic carbocycles. The van der Waals surface area contributed by atoms with Crippen LogP contribution in [0, 0.1) is 5.92 Å². The molecule has 54 heavy (non-hydrogen) atoms. The Balaban J connectivity index is 1.21. The molecule has 3 aromatic rings. The Morgan fingerprint density at radius 2 is 1.78 bits per heavy atom. The number of hydrogen-bond donors (Lipinski definition) is 3. The first-order chi connectivity index (χ1) is 25.7. The highest BCUT2D eigenvalue weighted by Crippen LogP contribution is 2.46. The van der Waals surface area contributed by atoms with E-state index in [1.807, 2.05) is 53.9 Å². The first-order valence-electron chi connectivity index (χ1n) is 18.5. The van der Waals surface area contributed by atoms with E-state index >= 15 is 0 Å². The molecule has 7 rings (SSSR count). The highest BCUT2D eigenvalue weighted by Gasteiger charge is 2.62. The van der Waals surface area contributed by atoms with Gasteiger partial charge in [0.15, 0.2) is 0 Å². The number of thiophene rings is 1. The van der Waals surface area contributed by atoms with Crippen LogP contribution in [0.4, 0.5) is 4.79 Å². The number of rotatable bonds is 7. The number of allylic oxidation sites excluding steroid dienone is 1. The maximum atomic E-state index is 14.5. The van der Waals surface area contributed by atoms with E-state index in [0.717, 1.165) is 17.7 Å². The number of fused-ring (bicyclic) bond motifs is 3. The molecule has 3 fully saturated rings. The molecule has 2 unspecified atom stereocenters. The summed E-state index contributed by atoms with van der Waals surface area (Å²) >= 11 is 1.47. The molecule has 0 radical (unpaired) electrons. The average molecular weight is 779 g/mol. The zero-order valence-corrected chi connectivity index (χ0v) is 32.2. The fraction of sp³-hybridized carbons (Fsp3) is 0.526. The highest BCUT2D eigenvalue weighted by molar-refractivity contribution is 7.91. The zero-order valence-electron chi connectivity index (χ0n) is 30.6. The van der Waals surface area contributed by atoms with Gasteiger partial charge in [-0.2, -0.15) is 0 Å². The largest absolute Gasteiger partial charge is 0.471 e. The summed E-state index contributed by atoms with van der Waals surface area (Å²) in [5.74, 6) is -2.10. The van der Waals surface area contributed by atoms with Gasteiger partial charge in [0.05, 0.1) is 27.7 Å². The van der Waals surface area contributed by atoms with Crippen molar-refractivity contribution < 1.29 is 37.1 Å². The molecular weight excluding hydrogens is 733 g/mol. The second-order valence-corrected chi connectivity index (χ2v) is 18.4. The Morgan fingerprint density at radius 3 is 2.48 bits per heavy atom. The number of para-hydroxylation sites is 2. The van der Waals surface area contributed by atoms with E-state index in [-0.39, 0.29) is 25.3 Å². The minimum Gasteiger partial charge on any atom is -0.471 e. The molecule has 3 N–H and O–H groups in total. The number of nitrogens with zero attached hydrogens (tertiary/aromatic N) is 3. The highest BCUT2D eigenvalue weighted by atomic mass is 32.2. The van der Waals surface area contributed by atoms with Crippen molar-refractivity contribution in [1.29, 1.82) is 0 Å². The first-order valence-corrected chi connectivity index (χ1v) is 21.0. The lowest BCUT2D eigenvalue weighted by Gasteiger charge is -2.30. The third kappa shape index (κ3) is 8.38. The minimum atomic E-state index is -3.89. The topological polar surface area (TPSA) is 186 Å². The van der Waals surface area contributed by atoms with Gasteiger partial charge >= 0.3 is 6.09 Å². The van der Waals surface area contributed by atoms with Crippen molar-refractivity contribution >= 4 is 56.2 Å². The lowest BCUT2D eigenvalue weighted by Crippen LogP contribution is -2.58. The van der Waals surface area contributed by atoms with Gasteiger partial charge in [0, 0.05) is 12.3 Å². The van der Waals surface area contributed by atoms with Crippen molar-refractivity contribution in [2.45, 2.75) is 113 Å². The molecule has 5 atom stereocenters. The van der Waals surface area contributed by atoms with Crippen LogP contribution in [-0.4, -0.2) is 88.2 Å². The minimum absolute atomic E-state index is 0.0274. The Morgan fingerprint density at radius 1 is 1.02 bits per heavy atom. The van der Waals surface area contributed by atoms with Gasteiger partial charge in [-0.3, -0.25) is 19.1 Å². The van der Waals surface area contributed by atoms with Gasteiger partial charge in [-0.25, -0.2) is 23.2 Å². The van der Waals surface area contributed by atoms with Crippen LogP contribution in [0.3, 0.4) is 0 Å². The van der Waals surface area contributed by atoms with E-state index in [4.69, 9.17) is 19.4 Å². The van der Waals surface area contributed by atoms with Crippen LogP contribution in [0.5, 0.6) is 5.88 Å². The number of amides is 4. The van der Waals surface area contributed by atoms with Crippen LogP contribution in [0.25, 0.3) is 21.6 Å². The number of nitrogens with one attached hydrogen (secondary N) is 3. The van der Waals surface area contributed by atoms with Crippen molar-refractivity contribution in [3.63, 3.8) is 0 Å². The summed E-state index contributed by atoms with van der Waals surface area (Å²) in [7, 11) is -3.89. The van der Waals surface area contributed by atoms with Crippen LogP contribution < -0.4 is 20.1 Å². The summed E-state index contributed by atoms with van der Waals surface area (Å²) in [6, 6.07) is 9.08. The van der Waals surface area contributed by atoms with Crippen LogP contribution in [0.1, 0.15) is 78.6 Å². The lowest BCUT2D eigenvalue weighted by molar-refractivity contribution is -0.141. The van der Waals surface area contributed by atoms with Crippen LogP contribution >= 0.6 is 11.3 Å². The third-order valence-corrected chi connectivity index (χ3v) is 12.8. The molecule has 0 spiro atoms. The summed E-state index contributed by atoms with van der Waals surface area (Å²) in [4.78, 5) is 67.6. The van der Waals surface area contributed by atoms with Gasteiger partial charge in [-0.05, 0) is 82.9 Å². The van der Waals surface area contributed by atoms with Crippen molar-refractivity contribution in [1.82, 2.24) is 30.2 Å². The monoisotopic (exact) mass is 778 g/mol.